The van der Waals surface area contributed by atoms with Gasteiger partial charge in [0.1, 0.15) is 0 Å². The maximum atomic E-state index is 12.1. The molecule has 1 aliphatic rings. The fraction of sp³-hybridized carbons (Fsp3) is 0.667. The molecule has 104 valence electrons. The summed E-state index contributed by atoms with van der Waals surface area (Å²) >= 11 is 0. The number of aryl methyl sites for hydroxylation is 1. The number of hydrogen-bond donors (Lipinski definition) is 0. The highest BCUT2D eigenvalue weighted by Gasteiger charge is 2.23. The minimum absolute atomic E-state index is 0.102. The van der Waals surface area contributed by atoms with Crippen molar-refractivity contribution >= 4 is 11.7 Å². The van der Waals surface area contributed by atoms with Gasteiger partial charge < -0.3 is 15.0 Å². The van der Waals surface area contributed by atoms with Gasteiger partial charge in [-0.2, -0.15) is 4.68 Å². The van der Waals surface area contributed by atoms with Crippen molar-refractivity contribution in [3.05, 3.63) is 22.4 Å². The molecule has 0 bridgehead atoms. The first-order valence-electron chi connectivity index (χ1n) is 6.55. The van der Waals surface area contributed by atoms with Crippen molar-refractivity contribution in [2.45, 2.75) is 45.2 Å². The van der Waals surface area contributed by atoms with Crippen molar-refractivity contribution in [3.63, 3.8) is 0 Å². The second-order valence-electron chi connectivity index (χ2n) is 4.88. The molecule has 2 rings (SSSR count). The van der Waals surface area contributed by atoms with Crippen molar-refractivity contribution < 1.29 is 9.72 Å². The Morgan fingerprint density at radius 3 is 3.00 bits per heavy atom. The molecule has 1 aromatic heterocycles. The minimum atomic E-state index is -0.537. The van der Waals surface area contributed by atoms with Crippen LogP contribution in [0.1, 0.15) is 32.6 Å². The number of rotatable bonds is 4. The third-order valence-electron chi connectivity index (χ3n) is 3.49. The van der Waals surface area contributed by atoms with Gasteiger partial charge in [-0.25, -0.2) is 0 Å². The average Bonchev–Trinajstić information content (AvgIpc) is 2.85. The van der Waals surface area contributed by atoms with E-state index >= 15 is 0 Å². The number of nitrogens with zero attached hydrogens (tertiary/aromatic N) is 4. The molecule has 0 radical (unpaired) electrons. The van der Waals surface area contributed by atoms with E-state index < -0.39 is 4.92 Å². The Morgan fingerprint density at radius 2 is 2.37 bits per heavy atom. The number of carbonyl (C=O) groups is 1. The van der Waals surface area contributed by atoms with Crippen LogP contribution in [0.5, 0.6) is 0 Å². The van der Waals surface area contributed by atoms with Crippen molar-refractivity contribution in [1.82, 2.24) is 14.7 Å². The lowest BCUT2D eigenvalue weighted by Crippen LogP contribution is -2.42. The second kappa shape index (κ2) is 5.81. The van der Waals surface area contributed by atoms with Crippen molar-refractivity contribution in [1.29, 1.82) is 0 Å². The molecule has 1 amide bonds. The summed E-state index contributed by atoms with van der Waals surface area (Å²) in [6.07, 6.45) is 5.16. The number of piperidine rings is 1. The highest BCUT2D eigenvalue weighted by molar-refractivity contribution is 5.76. The Hall–Kier alpha value is -1.92. The summed E-state index contributed by atoms with van der Waals surface area (Å²) in [6, 6.07) is 1.64. The zero-order valence-electron chi connectivity index (χ0n) is 11.0. The largest absolute Gasteiger partial charge is 0.389 e. The smallest absolute Gasteiger partial charge is 0.358 e. The monoisotopic (exact) mass is 266 g/mol. The van der Waals surface area contributed by atoms with E-state index in [1.54, 1.807) is 0 Å². The van der Waals surface area contributed by atoms with Gasteiger partial charge in [-0.05, 0) is 31.1 Å². The quantitative estimate of drug-likeness (QED) is 0.612. The van der Waals surface area contributed by atoms with Crippen molar-refractivity contribution in [2.24, 2.45) is 0 Å². The lowest BCUT2D eigenvalue weighted by molar-refractivity contribution is -0.389. The summed E-state index contributed by atoms with van der Waals surface area (Å²) in [7, 11) is 0. The molecule has 1 aliphatic heterocycles. The van der Waals surface area contributed by atoms with Crippen LogP contribution in [0, 0.1) is 10.1 Å². The van der Waals surface area contributed by atoms with Gasteiger partial charge in [-0.3, -0.25) is 4.79 Å². The molecular formula is C12H18N4O3. The molecule has 0 aliphatic carbocycles. The van der Waals surface area contributed by atoms with Gasteiger partial charge in [-0.1, -0.05) is 0 Å². The van der Waals surface area contributed by atoms with Gasteiger partial charge in [0.05, 0.1) is 23.9 Å². The highest BCUT2D eigenvalue weighted by Crippen LogP contribution is 2.17. The predicted octanol–water partition coefficient (Wildman–Crippen LogP) is 1.58. The highest BCUT2D eigenvalue weighted by atomic mass is 16.6. The fourth-order valence-corrected chi connectivity index (χ4v) is 2.40. The van der Waals surface area contributed by atoms with Crippen molar-refractivity contribution in [3.8, 4) is 0 Å². The zero-order valence-corrected chi connectivity index (χ0v) is 11.0. The van der Waals surface area contributed by atoms with Crippen molar-refractivity contribution in [2.75, 3.05) is 6.54 Å². The minimum Gasteiger partial charge on any atom is -0.358 e. The number of aromatic nitrogens is 2. The number of amides is 1. The Bertz CT molecular complexity index is 471. The Labute approximate surface area is 111 Å². The maximum absolute atomic E-state index is 12.1. The van der Waals surface area contributed by atoms with E-state index in [0.717, 1.165) is 19.4 Å². The molecule has 1 unspecified atom stereocenters. The summed E-state index contributed by atoms with van der Waals surface area (Å²) in [4.78, 5) is 23.9. The standard InChI is InChI=1S/C12H18N4O3/c1-10-4-2-3-7-15(10)12(17)6-9-14-8-5-11(13-14)16(18)19/h5,8,10H,2-4,6-7,9H2,1H3. The van der Waals surface area contributed by atoms with Crippen LogP contribution in [0.25, 0.3) is 0 Å². The molecule has 0 N–H and O–H groups in total. The van der Waals surface area contributed by atoms with Crippen LogP contribution in [-0.2, 0) is 11.3 Å². The molecule has 1 fully saturated rings. The third-order valence-corrected chi connectivity index (χ3v) is 3.49. The summed E-state index contributed by atoms with van der Waals surface area (Å²) in [5.74, 6) is -0.0795. The molecule has 7 heteroatoms. The van der Waals surface area contributed by atoms with Gasteiger partial charge in [0.15, 0.2) is 0 Å². The Kier molecular flexibility index (Phi) is 4.13. The van der Waals surface area contributed by atoms with Crippen LogP contribution in [0.3, 0.4) is 0 Å². The molecule has 0 saturated carbocycles. The summed E-state index contributed by atoms with van der Waals surface area (Å²) in [5, 5.41) is 14.3. The van der Waals surface area contributed by atoms with Crippen LogP contribution in [0.2, 0.25) is 0 Å². The molecule has 1 aromatic rings. The summed E-state index contributed by atoms with van der Waals surface area (Å²) < 4.78 is 1.45. The van der Waals surface area contributed by atoms with Crippen LogP contribution < -0.4 is 0 Å². The Balaban J connectivity index is 1.87. The van der Waals surface area contributed by atoms with Gasteiger partial charge >= 0.3 is 5.82 Å². The lowest BCUT2D eigenvalue weighted by Gasteiger charge is -2.33. The topological polar surface area (TPSA) is 81.3 Å². The number of carbonyl (C=O) groups excluding carboxylic acids is 1. The van der Waals surface area contributed by atoms with Gasteiger partial charge in [0.25, 0.3) is 0 Å². The van der Waals surface area contributed by atoms with Crippen LogP contribution >= 0.6 is 0 Å². The van der Waals surface area contributed by atoms with E-state index in [1.165, 1.54) is 23.4 Å². The SMILES string of the molecule is CC1CCCCN1C(=O)CCn1ccc([N+](=O)[O-])n1. The van der Waals surface area contributed by atoms with Crippen LogP contribution in [0.15, 0.2) is 12.3 Å². The first-order chi connectivity index (χ1) is 9.08. The zero-order chi connectivity index (χ0) is 13.8. The average molecular weight is 266 g/mol. The van der Waals surface area contributed by atoms with Gasteiger partial charge in [-0.15, -0.1) is 0 Å². The molecule has 7 nitrogen and oxygen atoms in total. The van der Waals surface area contributed by atoms with E-state index in [9.17, 15) is 14.9 Å². The Morgan fingerprint density at radius 1 is 1.58 bits per heavy atom. The second-order valence-corrected chi connectivity index (χ2v) is 4.88. The number of nitro groups is 1. The van der Waals surface area contributed by atoms with E-state index in [2.05, 4.69) is 12.0 Å². The molecule has 19 heavy (non-hydrogen) atoms. The molecule has 1 saturated heterocycles. The van der Waals surface area contributed by atoms with E-state index in [0.29, 0.717) is 19.0 Å². The maximum Gasteiger partial charge on any atom is 0.389 e. The normalized spacial score (nSPS) is 19.4. The fourth-order valence-electron chi connectivity index (χ4n) is 2.40. The number of likely N-dealkylation sites (tertiary alicyclic amines) is 1. The molecule has 0 aromatic carbocycles. The molecule has 1 atom stereocenters. The van der Waals surface area contributed by atoms with Crippen LogP contribution in [-0.4, -0.2) is 38.1 Å². The molecule has 2 heterocycles. The van der Waals surface area contributed by atoms with Gasteiger partial charge in [0.2, 0.25) is 5.91 Å². The molecule has 0 spiro atoms. The number of hydrogen-bond acceptors (Lipinski definition) is 4. The third kappa shape index (κ3) is 3.30. The lowest BCUT2D eigenvalue weighted by atomic mass is 10.0. The molecular weight excluding hydrogens is 248 g/mol. The first-order valence-corrected chi connectivity index (χ1v) is 6.55. The van der Waals surface area contributed by atoms with Crippen LogP contribution in [0.4, 0.5) is 5.82 Å². The van der Waals surface area contributed by atoms with E-state index in [1.807, 2.05) is 4.90 Å². The summed E-state index contributed by atoms with van der Waals surface area (Å²) in [5.41, 5.74) is 0. The summed E-state index contributed by atoms with van der Waals surface area (Å²) in [6.45, 7) is 3.27. The van der Waals surface area contributed by atoms with E-state index in [4.69, 9.17) is 0 Å². The first kappa shape index (κ1) is 13.5. The predicted molar refractivity (Wildman–Crippen MR) is 68.5 cm³/mol. The van der Waals surface area contributed by atoms with E-state index in [-0.39, 0.29) is 11.7 Å². The van der Waals surface area contributed by atoms with Gasteiger partial charge in [0, 0.05) is 19.0 Å².